The summed E-state index contributed by atoms with van der Waals surface area (Å²) in [5.41, 5.74) is -0.0352. The highest BCUT2D eigenvalue weighted by Crippen LogP contribution is 2.46. The number of carbonyl (C=O) groups is 3. The van der Waals surface area contributed by atoms with E-state index in [1.807, 2.05) is 30.3 Å². The second kappa shape index (κ2) is 12.9. The average Bonchev–Trinajstić information content (AvgIpc) is 2.83. The molecule has 0 aliphatic carbocycles. The smallest absolute Gasteiger partial charge is 0.330 e. The molecular weight excluding hydrogens is 468 g/mol. The van der Waals surface area contributed by atoms with Crippen LogP contribution in [0.25, 0.3) is 0 Å². The van der Waals surface area contributed by atoms with E-state index in [0.29, 0.717) is 12.9 Å². The number of methoxy groups -OCH3 is 1. The summed E-state index contributed by atoms with van der Waals surface area (Å²) >= 11 is 0. The van der Waals surface area contributed by atoms with Gasteiger partial charge in [0.1, 0.15) is 6.29 Å². The molecule has 5 atom stereocenters. The lowest BCUT2D eigenvalue weighted by Crippen LogP contribution is -2.62. The minimum Gasteiger partial charge on any atom is -0.466 e. The largest absolute Gasteiger partial charge is 0.466 e. The summed E-state index contributed by atoms with van der Waals surface area (Å²) in [7, 11) is 1.20. The van der Waals surface area contributed by atoms with Gasteiger partial charge in [0, 0.05) is 24.8 Å². The van der Waals surface area contributed by atoms with Crippen molar-refractivity contribution in [2.75, 3.05) is 7.11 Å². The molecule has 0 bridgehead atoms. The second-order valence-corrected chi connectivity index (χ2v) is 9.39. The number of benzene rings is 1. The Hall–Kier alpha value is -2.85. The Morgan fingerprint density at radius 2 is 1.94 bits per heavy atom. The quantitative estimate of drug-likeness (QED) is 0.265. The fourth-order valence-corrected chi connectivity index (χ4v) is 4.04. The molecule has 0 spiro atoms. The molecule has 1 saturated heterocycles. The van der Waals surface area contributed by atoms with Crippen LogP contribution in [0.2, 0.25) is 0 Å². The van der Waals surface area contributed by atoms with Gasteiger partial charge in [-0.25, -0.2) is 4.79 Å². The molecule has 36 heavy (non-hydrogen) atoms. The van der Waals surface area contributed by atoms with Gasteiger partial charge in [0.25, 0.3) is 0 Å². The zero-order valence-corrected chi connectivity index (χ0v) is 21.4. The van der Waals surface area contributed by atoms with Gasteiger partial charge in [-0.05, 0) is 30.6 Å². The normalized spacial score (nSPS) is 25.4. The van der Waals surface area contributed by atoms with Crippen molar-refractivity contribution in [1.29, 1.82) is 0 Å². The molecule has 9 nitrogen and oxygen atoms in total. The second-order valence-electron chi connectivity index (χ2n) is 9.39. The summed E-state index contributed by atoms with van der Waals surface area (Å²) in [6, 6.07) is 9.52. The topological polar surface area (TPSA) is 129 Å². The number of ether oxygens (including phenoxy) is 4. The number of carbonyl (C=O) groups excluding carboxylic acids is 3. The predicted octanol–water partition coefficient (Wildman–Crippen LogP) is 2.63. The molecule has 0 saturated carbocycles. The molecule has 2 rings (SSSR count). The van der Waals surface area contributed by atoms with Crippen LogP contribution in [-0.4, -0.2) is 65.8 Å². The Morgan fingerprint density at radius 3 is 2.53 bits per heavy atom. The molecule has 0 aromatic heterocycles. The number of allylic oxidation sites excluding steroid dienone is 1. The molecule has 0 amide bonds. The van der Waals surface area contributed by atoms with E-state index in [1.165, 1.54) is 26.2 Å². The first-order chi connectivity index (χ1) is 16.9. The third-order valence-electron chi connectivity index (χ3n) is 6.21. The number of hydrogen-bond acceptors (Lipinski definition) is 9. The molecule has 1 aliphatic heterocycles. The van der Waals surface area contributed by atoms with Gasteiger partial charge in [-0.3, -0.25) is 9.59 Å². The van der Waals surface area contributed by atoms with Gasteiger partial charge in [0.05, 0.1) is 32.0 Å². The Morgan fingerprint density at radius 1 is 1.28 bits per heavy atom. The van der Waals surface area contributed by atoms with Crippen molar-refractivity contribution in [3.8, 4) is 0 Å². The first-order valence-electron chi connectivity index (χ1n) is 11.8. The maximum Gasteiger partial charge on any atom is 0.330 e. The summed E-state index contributed by atoms with van der Waals surface area (Å²) in [4.78, 5) is 35.0. The minimum absolute atomic E-state index is 0.0526. The SMILES string of the molecule is COC(=O)C=C1C[C@@H](C[C@@H](O)[C@@H](C)OCc2ccccc2)O[C@@](O)(C(C)(C)C=CC=O)[C@H]1OC(C)=O. The zero-order valence-electron chi connectivity index (χ0n) is 21.4. The molecule has 1 aromatic rings. The maximum absolute atomic E-state index is 12.1. The molecule has 9 heteroatoms. The standard InChI is InChI=1S/C27H36O9/c1-18(34-17-20-10-7-6-8-11-20)23(30)16-22-14-21(15-24(31)33-5)25(35-19(2)29)27(32,36-22)26(3,4)12-9-13-28/h6-13,15,18,22-23,25,30,32H,14,16-17H2,1-5H3/t18-,22+,23-,25+,27-/m1/s1. The van der Waals surface area contributed by atoms with Crippen molar-refractivity contribution in [2.24, 2.45) is 5.41 Å². The fraction of sp³-hybridized carbons (Fsp3) is 0.519. The van der Waals surface area contributed by atoms with Crippen molar-refractivity contribution >= 4 is 18.2 Å². The van der Waals surface area contributed by atoms with Gasteiger partial charge in [-0.2, -0.15) is 0 Å². The Labute approximate surface area is 211 Å². The summed E-state index contributed by atoms with van der Waals surface area (Å²) in [5, 5.41) is 22.6. The van der Waals surface area contributed by atoms with Crippen molar-refractivity contribution < 1.29 is 43.5 Å². The van der Waals surface area contributed by atoms with Crippen LogP contribution in [0, 0.1) is 5.41 Å². The highest BCUT2D eigenvalue weighted by molar-refractivity contribution is 5.83. The Balaban J connectivity index is 2.33. The summed E-state index contributed by atoms with van der Waals surface area (Å²) < 4.78 is 22.1. The minimum atomic E-state index is -2.17. The van der Waals surface area contributed by atoms with E-state index < -0.39 is 47.6 Å². The highest BCUT2D eigenvalue weighted by atomic mass is 16.7. The first kappa shape index (κ1) is 29.4. The molecule has 1 fully saturated rings. The lowest BCUT2D eigenvalue weighted by atomic mass is 9.74. The molecule has 0 unspecified atom stereocenters. The fourth-order valence-electron chi connectivity index (χ4n) is 4.04. The number of hydrogen-bond donors (Lipinski definition) is 2. The number of aliphatic hydroxyl groups excluding tert-OH is 1. The van der Waals surface area contributed by atoms with Crippen molar-refractivity contribution in [2.45, 2.75) is 77.3 Å². The van der Waals surface area contributed by atoms with Crippen LogP contribution < -0.4 is 0 Å². The van der Waals surface area contributed by atoms with Gasteiger partial charge in [-0.15, -0.1) is 0 Å². The molecule has 2 N–H and O–H groups in total. The average molecular weight is 505 g/mol. The van der Waals surface area contributed by atoms with Crippen LogP contribution >= 0.6 is 0 Å². The molecule has 198 valence electrons. The van der Waals surface area contributed by atoms with Gasteiger partial charge < -0.3 is 29.2 Å². The summed E-state index contributed by atoms with van der Waals surface area (Å²) in [6.45, 7) is 6.41. The van der Waals surface area contributed by atoms with Crippen LogP contribution in [0.15, 0.2) is 54.1 Å². The molecule has 0 radical (unpaired) electrons. The Kier molecular flexibility index (Phi) is 10.5. The zero-order chi connectivity index (χ0) is 26.9. The van der Waals surface area contributed by atoms with E-state index in [-0.39, 0.29) is 18.4 Å². The number of esters is 2. The third kappa shape index (κ3) is 7.57. The molecule has 1 aliphatic rings. The summed E-state index contributed by atoms with van der Waals surface area (Å²) in [6.07, 6.45) is 0.778. The highest BCUT2D eigenvalue weighted by Gasteiger charge is 2.57. The lowest BCUT2D eigenvalue weighted by Gasteiger charge is -2.50. The predicted molar refractivity (Wildman–Crippen MR) is 130 cm³/mol. The van der Waals surface area contributed by atoms with Crippen LogP contribution in [-0.2, 0) is 39.9 Å². The van der Waals surface area contributed by atoms with Crippen LogP contribution in [0.3, 0.4) is 0 Å². The van der Waals surface area contributed by atoms with Crippen molar-refractivity contribution in [3.05, 3.63) is 59.7 Å². The number of rotatable bonds is 11. The number of aliphatic hydroxyl groups is 2. The van der Waals surface area contributed by atoms with Crippen LogP contribution in [0.5, 0.6) is 0 Å². The summed E-state index contributed by atoms with van der Waals surface area (Å²) in [5.74, 6) is -3.57. The van der Waals surface area contributed by atoms with Crippen molar-refractivity contribution in [3.63, 3.8) is 0 Å². The first-order valence-corrected chi connectivity index (χ1v) is 11.8. The van der Waals surface area contributed by atoms with Gasteiger partial charge >= 0.3 is 11.9 Å². The van der Waals surface area contributed by atoms with Crippen molar-refractivity contribution in [1.82, 2.24) is 0 Å². The van der Waals surface area contributed by atoms with Gasteiger partial charge in [0.2, 0.25) is 5.79 Å². The maximum atomic E-state index is 12.1. The molecule has 1 aromatic carbocycles. The van der Waals surface area contributed by atoms with E-state index in [2.05, 4.69) is 0 Å². The van der Waals surface area contributed by atoms with E-state index >= 15 is 0 Å². The van der Waals surface area contributed by atoms with Crippen LogP contribution in [0.4, 0.5) is 0 Å². The monoisotopic (exact) mass is 504 g/mol. The molecule has 1 heterocycles. The lowest BCUT2D eigenvalue weighted by molar-refractivity contribution is -0.327. The van der Waals surface area contributed by atoms with E-state index in [0.717, 1.165) is 11.6 Å². The van der Waals surface area contributed by atoms with E-state index in [4.69, 9.17) is 18.9 Å². The number of aldehydes is 1. The molecular formula is C27H36O9. The van der Waals surface area contributed by atoms with Crippen LogP contribution in [0.1, 0.15) is 46.1 Å². The van der Waals surface area contributed by atoms with Gasteiger partial charge in [0.15, 0.2) is 6.10 Å². The van der Waals surface area contributed by atoms with Gasteiger partial charge in [-0.1, -0.05) is 50.3 Å². The third-order valence-corrected chi connectivity index (χ3v) is 6.21. The Bertz CT molecular complexity index is 953. The van der Waals surface area contributed by atoms with E-state index in [9.17, 15) is 24.6 Å². The van der Waals surface area contributed by atoms with E-state index in [1.54, 1.807) is 20.8 Å².